The normalized spacial score (nSPS) is 11.3. The van der Waals surface area contributed by atoms with Crippen LogP contribution in [0.15, 0.2) is 53.4 Å². The zero-order valence-electron chi connectivity index (χ0n) is 13.7. The fourth-order valence-corrected chi connectivity index (χ4v) is 2.55. The first-order valence-corrected chi connectivity index (χ1v) is 8.72. The number of benzene rings is 2. The molecule has 0 aliphatic carbocycles. The van der Waals surface area contributed by atoms with Crippen LogP contribution in [0.5, 0.6) is 11.5 Å². The summed E-state index contributed by atoms with van der Waals surface area (Å²) in [5.74, 6) is 0.843. The number of carbonyl (C=O) groups excluding carboxylic acids is 1. The van der Waals surface area contributed by atoms with Crippen molar-refractivity contribution in [2.45, 2.75) is 4.90 Å². The minimum absolute atomic E-state index is 0.0241. The van der Waals surface area contributed by atoms with Crippen LogP contribution in [0, 0.1) is 0 Å². The molecule has 0 atom stereocenters. The summed E-state index contributed by atoms with van der Waals surface area (Å²) in [4.78, 5) is 12.0. The molecule has 2 rings (SSSR count). The Morgan fingerprint density at radius 2 is 1.76 bits per heavy atom. The third-order valence-corrected chi connectivity index (χ3v) is 4.23. The number of hydrogen-bond acceptors (Lipinski definition) is 5. The average molecular weight is 362 g/mol. The van der Waals surface area contributed by atoms with Crippen LogP contribution in [0.2, 0.25) is 0 Å². The van der Waals surface area contributed by atoms with E-state index in [0.29, 0.717) is 22.7 Å². The third-order valence-electron chi connectivity index (χ3n) is 3.31. The van der Waals surface area contributed by atoms with Crippen molar-refractivity contribution >= 4 is 27.7 Å². The minimum atomic E-state index is -3.76. The quantitative estimate of drug-likeness (QED) is 0.764. The van der Waals surface area contributed by atoms with Crippen molar-refractivity contribution in [3.8, 4) is 11.5 Å². The van der Waals surface area contributed by atoms with E-state index in [9.17, 15) is 13.2 Å². The lowest BCUT2D eigenvalue weighted by Gasteiger charge is -2.07. The molecule has 7 nitrogen and oxygen atoms in total. The lowest BCUT2D eigenvalue weighted by molar-refractivity contribution is -0.111. The SMILES string of the molecule is COc1ccc(C=CC(=O)Nc2ccc(S(N)(=O)=O)cc2)c(OC)c1. The van der Waals surface area contributed by atoms with Crippen LogP contribution >= 0.6 is 0 Å². The van der Waals surface area contributed by atoms with Crippen molar-refractivity contribution in [1.82, 2.24) is 0 Å². The fourth-order valence-electron chi connectivity index (χ4n) is 2.03. The maximum absolute atomic E-state index is 12.0. The molecule has 0 unspecified atom stereocenters. The van der Waals surface area contributed by atoms with Gasteiger partial charge in [-0.2, -0.15) is 0 Å². The second kappa shape index (κ2) is 7.82. The zero-order valence-corrected chi connectivity index (χ0v) is 14.5. The standard InChI is InChI=1S/C17H18N2O5S/c1-23-14-7-3-12(16(11-14)24-2)4-10-17(20)19-13-5-8-15(9-6-13)25(18,21)22/h3-11H,1-2H3,(H,19,20)(H2,18,21,22). The van der Waals surface area contributed by atoms with Crippen LogP contribution in [-0.2, 0) is 14.8 Å². The van der Waals surface area contributed by atoms with Gasteiger partial charge < -0.3 is 14.8 Å². The summed E-state index contributed by atoms with van der Waals surface area (Å²) in [6.45, 7) is 0. The third kappa shape index (κ3) is 5.07. The van der Waals surface area contributed by atoms with Crippen LogP contribution < -0.4 is 19.9 Å². The molecule has 132 valence electrons. The van der Waals surface area contributed by atoms with Gasteiger partial charge in [0.2, 0.25) is 15.9 Å². The van der Waals surface area contributed by atoms with Gasteiger partial charge in [0.25, 0.3) is 0 Å². The molecule has 0 aliphatic heterocycles. The zero-order chi connectivity index (χ0) is 18.4. The van der Waals surface area contributed by atoms with Gasteiger partial charge >= 0.3 is 0 Å². The van der Waals surface area contributed by atoms with E-state index < -0.39 is 10.0 Å². The maximum Gasteiger partial charge on any atom is 0.248 e. The fraction of sp³-hybridized carbons (Fsp3) is 0.118. The van der Waals surface area contributed by atoms with Crippen molar-refractivity contribution in [3.05, 3.63) is 54.1 Å². The molecular formula is C17H18N2O5S. The summed E-state index contributed by atoms with van der Waals surface area (Å²) in [5.41, 5.74) is 1.16. The van der Waals surface area contributed by atoms with Crippen molar-refractivity contribution in [2.24, 2.45) is 5.14 Å². The number of primary sulfonamides is 1. The molecule has 0 heterocycles. The average Bonchev–Trinajstić information content (AvgIpc) is 2.59. The second-order valence-electron chi connectivity index (χ2n) is 5.00. The molecule has 25 heavy (non-hydrogen) atoms. The van der Waals surface area contributed by atoms with Gasteiger partial charge in [0.15, 0.2) is 0 Å². The number of nitrogens with two attached hydrogens (primary N) is 1. The van der Waals surface area contributed by atoms with E-state index in [1.165, 1.54) is 37.5 Å². The topological polar surface area (TPSA) is 108 Å². The smallest absolute Gasteiger partial charge is 0.248 e. The summed E-state index contributed by atoms with van der Waals surface area (Å²) in [7, 11) is -0.677. The number of amides is 1. The van der Waals surface area contributed by atoms with Crippen LogP contribution in [0.1, 0.15) is 5.56 Å². The Kier molecular flexibility index (Phi) is 5.79. The summed E-state index contributed by atoms with van der Waals surface area (Å²) in [6, 6.07) is 10.8. The van der Waals surface area contributed by atoms with Gasteiger partial charge in [-0.05, 0) is 42.5 Å². The maximum atomic E-state index is 12.0. The van der Waals surface area contributed by atoms with E-state index in [-0.39, 0.29) is 10.8 Å². The predicted octanol–water partition coefficient (Wildman–Crippen LogP) is 2.00. The molecule has 2 aromatic rings. The Balaban J connectivity index is 2.08. The molecule has 8 heteroatoms. The highest BCUT2D eigenvalue weighted by Crippen LogP contribution is 2.25. The minimum Gasteiger partial charge on any atom is -0.497 e. The molecule has 0 fully saturated rings. The summed E-state index contributed by atoms with van der Waals surface area (Å²) >= 11 is 0. The molecule has 0 radical (unpaired) electrons. The molecule has 0 saturated carbocycles. The Morgan fingerprint density at radius 3 is 2.32 bits per heavy atom. The highest BCUT2D eigenvalue weighted by atomic mass is 32.2. The number of hydrogen-bond donors (Lipinski definition) is 2. The first-order valence-electron chi connectivity index (χ1n) is 7.17. The van der Waals surface area contributed by atoms with E-state index >= 15 is 0 Å². The largest absolute Gasteiger partial charge is 0.497 e. The van der Waals surface area contributed by atoms with Crippen molar-refractivity contribution in [1.29, 1.82) is 0 Å². The van der Waals surface area contributed by atoms with Crippen LogP contribution in [0.25, 0.3) is 6.08 Å². The number of ether oxygens (including phenoxy) is 2. The van der Waals surface area contributed by atoms with E-state index in [0.717, 1.165) is 0 Å². The highest BCUT2D eigenvalue weighted by molar-refractivity contribution is 7.89. The monoisotopic (exact) mass is 362 g/mol. The molecule has 2 aromatic carbocycles. The first kappa shape index (κ1) is 18.5. The molecule has 3 N–H and O–H groups in total. The molecule has 0 bridgehead atoms. The van der Waals surface area contributed by atoms with E-state index in [4.69, 9.17) is 14.6 Å². The molecule has 0 aromatic heterocycles. The van der Waals surface area contributed by atoms with Crippen LogP contribution in [0.3, 0.4) is 0 Å². The van der Waals surface area contributed by atoms with E-state index in [1.54, 1.807) is 31.4 Å². The number of nitrogens with one attached hydrogen (secondary N) is 1. The summed E-state index contributed by atoms with van der Waals surface area (Å²) in [5, 5.41) is 7.65. The lowest BCUT2D eigenvalue weighted by Crippen LogP contribution is -2.12. The van der Waals surface area contributed by atoms with Gasteiger partial charge in [0.1, 0.15) is 11.5 Å². The molecule has 0 spiro atoms. The number of methoxy groups -OCH3 is 2. The highest BCUT2D eigenvalue weighted by Gasteiger charge is 2.07. The Hall–Kier alpha value is -2.84. The van der Waals surface area contributed by atoms with Gasteiger partial charge in [-0.1, -0.05) is 0 Å². The molecular weight excluding hydrogens is 344 g/mol. The molecule has 0 aliphatic rings. The number of anilines is 1. The predicted molar refractivity (Wildman–Crippen MR) is 95.0 cm³/mol. The van der Waals surface area contributed by atoms with E-state index in [1.807, 2.05) is 0 Å². The van der Waals surface area contributed by atoms with Gasteiger partial charge in [-0.25, -0.2) is 13.6 Å². The number of sulfonamides is 1. The Bertz CT molecular complexity index is 890. The van der Waals surface area contributed by atoms with Gasteiger partial charge in [-0.15, -0.1) is 0 Å². The molecule has 0 saturated heterocycles. The van der Waals surface area contributed by atoms with Crippen LogP contribution in [0.4, 0.5) is 5.69 Å². The van der Waals surface area contributed by atoms with Gasteiger partial charge in [0.05, 0.1) is 19.1 Å². The van der Waals surface area contributed by atoms with Crippen molar-refractivity contribution in [3.63, 3.8) is 0 Å². The van der Waals surface area contributed by atoms with Gasteiger partial charge in [0, 0.05) is 23.4 Å². The van der Waals surface area contributed by atoms with Gasteiger partial charge in [-0.3, -0.25) is 4.79 Å². The summed E-state index contributed by atoms with van der Waals surface area (Å²) in [6.07, 6.45) is 2.95. The van der Waals surface area contributed by atoms with Crippen molar-refractivity contribution < 1.29 is 22.7 Å². The number of carbonyl (C=O) groups is 1. The number of rotatable bonds is 6. The Labute approximate surface area is 146 Å². The van der Waals surface area contributed by atoms with E-state index in [2.05, 4.69) is 5.32 Å². The lowest BCUT2D eigenvalue weighted by atomic mass is 10.1. The summed E-state index contributed by atoms with van der Waals surface area (Å²) < 4.78 is 32.7. The first-order chi connectivity index (χ1) is 11.8. The second-order valence-corrected chi connectivity index (χ2v) is 6.56. The Morgan fingerprint density at radius 1 is 1.08 bits per heavy atom. The molecule has 1 amide bonds. The van der Waals surface area contributed by atoms with Crippen molar-refractivity contribution in [2.75, 3.05) is 19.5 Å². The van der Waals surface area contributed by atoms with Crippen LogP contribution in [-0.4, -0.2) is 28.5 Å².